The fraction of sp³-hybridized carbons (Fsp3) is 0.500. The summed E-state index contributed by atoms with van der Waals surface area (Å²) in [7, 11) is 0. The molecule has 1 N–H and O–H groups in total. The maximum absolute atomic E-state index is 12.0. The summed E-state index contributed by atoms with van der Waals surface area (Å²) in [6.07, 6.45) is 6.06. The lowest BCUT2D eigenvalue weighted by molar-refractivity contribution is -0.148. The summed E-state index contributed by atoms with van der Waals surface area (Å²) in [5.74, 6) is 1.65. The average molecular weight is 367 g/mol. The number of ether oxygens (including phenoxy) is 1. The highest BCUT2D eigenvalue weighted by atomic mass is 16.5. The van der Waals surface area contributed by atoms with Crippen molar-refractivity contribution in [2.75, 3.05) is 31.1 Å². The molecule has 0 aliphatic carbocycles. The van der Waals surface area contributed by atoms with E-state index in [0.717, 1.165) is 68.3 Å². The van der Waals surface area contributed by atoms with Crippen LogP contribution in [-0.2, 0) is 22.5 Å². The van der Waals surface area contributed by atoms with Gasteiger partial charge >= 0.3 is 5.97 Å². The number of hydrogen-bond donors (Lipinski definition) is 1. The van der Waals surface area contributed by atoms with Crippen molar-refractivity contribution in [2.45, 2.75) is 32.7 Å². The van der Waals surface area contributed by atoms with E-state index in [9.17, 15) is 4.79 Å². The van der Waals surface area contributed by atoms with Crippen LogP contribution in [0.4, 0.5) is 5.82 Å². The van der Waals surface area contributed by atoms with Crippen molar-refractivity contribution in [3.05, 3.63) is 35.8 Å². The highest BCUT2D eigenvalue weighted by Gasteiger charge is 2.29. The summed E-state index contributed by atoms with van der Waals surface area (Å²) in [5, 5.41) is 3.43. The molecule has 4 heterocycles. The van der Waals surface area contributed by atoms with Gasteiger partial charge in [0.05, 0.1) is 18.2 Å². The Labute approximate surface area is 159 Å². The third-order valence-corrected chi connectivity index (χ3v) is 5.25. The van der Waals surface area contributed by atoms with Gasteiger partial charge in [0.1, 0.15) is 5.82 Å². The fourth-order valence-electron chi connectivity index (χ4n) is 3.80. The van der Waals surface area contributed by atoms with Crippen molar-refractivity contribution >= 4 is 11.8 Å². The Bertz CT molecular complexity index is 804. The molecule has 1 saturated heterocycles. The number of pyridine rings is 1. The summed E-state index contributed by atoms with van der Waals surface area (Å²) < 4.78 is 5.19. The molecule has 0 spiro atoms. The van der Waals surface area contributed by atoms with Gasteiger partial charge in [0, 0.05) is 56.1 Å². The van der Waals surface area contributed by atoms with Gasteiger partial charge in [0.25, 0.3) is 0 Å². The van der Waals surface area contributed by atoms with E-state index in [1.54, 1.807) is 12.4 Å². The second kappa shape index (κ2) is 8.00. The molecule has 0 saturated carbocycles. The lowest BCUT2D eigenvalue weighted by Gasteiger charge is -2.34. The number of esters is 1. The summed E-state index contributed by atoms with van der Waals surface area (Å²) in [5.41, 5.74) is 3.23. The van der Waals surface area contributed by atoms with Crippen molar-refractivity contribution in [1.29, 1.82) is 0 Å². The van der Waals surface area contributed by atoms with Gasteiger partial charge in [-0.2, -0.15) is 0 Å². The van der Waals surface area contributed by atoms with E-state index in [0.29, 0.717) is 6.61 Å². The van der Waals surface area contributed by atoms with Gasteiger partial charge in [-0.05, 0) is 31.9 Å². The van der Waals surface area contributed by atoms with E-state index in [4.69, 9.17) is 14.7 Å². The summed E-state index contributed by atoms with van der Waals surface area (Å²) >= 11 is 0. The molecular formula is C20H25N5O2. The average Bonchev–Trinajstić information content (AvgIpc) is 2.74. The van der Waals surface area contributed by atoms with Gasteiger partial charge in [0.2, 0.25) is 0 Å². The molecule has 7 nitrogen and oxygen atoms in total. The lowest BCUT2D eigenvalue weighted by Crippen LogP contribution is -2.39. The van der Waals surface area contributed by atoms with Crippen LogP contribution in [0.1, 0.15) is 31.0 Å². The molecule has 27 heavy (non-hydrogen) atoms. The molecule has 0 radical (unpaired) electrons. The highest BCUT2D eigenvalue weighted by Crippen LogP contribution is 2.30. The van der Waals surface area contributed by atoms with Crippen LogP contribution in [0.5, 0.6) is 0 Å². The minimum absolute atomic E-state index is 0.00483. The van der Waals surface area contributed by atoms with Crippen LogP contribution in [0.15, 0.2) is 24.5 Å². The first-order valence-electron chi connectivity index (χ1n) is 9.68. The van der Waals surface area contributed by atoms with Gasteiger partial charge in [-0.25, -0.2) is 9.97 Å². The summed E-state index contributed by atoms with van der Waals surface area (Å²) in [6.45, 7) is 5.63. The Morgan fingerprint density at radius 3 is 2.93 bits per heavy atom. The highest BCUT2D eigenvalue weighted by molar-refractivity contribution is 5.73. The van der Waals surface area contributed by atoms with Gasteiger partial charge in [0.15, 0.2) is 5.82 Å². The van der Waals surface area contributed by atoms with Crippen molar-refractivity contribution in [2.24, 2.45) is 5.92 Å². The Balaban J connectivity index is 1.61. The van der Waals surface area contributed by atoms with E-state index >= 15 is 0 Å². The van der Waals surface area contributed by atoms with Crippen LogP contribution < -0.4 is 10.2 Å². The maximum atomic E-state index is 12.0. The second-order valence-electron chi connectivity index (χ2n) is 6.98. The van der Waals surface area contributed by atoms with Gasteiger partial charge in [-0.1, -0.05) is 0 Å². The van der Waals surface area contributed by atoms with Crippen molar-refractivity contribution < 1.29 is 9.53 Å². The molecule has 142 valence electrons. The van der Waals surface area contributed by atoms with Gasteiger partial charge < -0.3 is 15.0 Å². The Morgan fingerprint density at radius 1 is 1.33 bits per heavy atom. The molecule has 7 heteroatoms. The normalized spacial score (nSPS) is 17.4. The predicted octanol–water partition coefficient (Wildman–Crippen LogP) is 1.96. The van der Waals surface area contributed by atoms with Gasteiger partial charge in [-0.15, -0.1) is 0 Å². The van der Waals surface area contributed by atoms with Crippen LogP contribution >= 0.6 is 0 Å². The molecule has 4 rings (SSSR count). The number of fused-ring (bicyclic) bond motifs is 1. The number of carbonyl (C=O) groups excluding carboxylic acids is 1. The zero-order valence-corrected chi connectivity index (χ0v) is 15.6. The van der Waals surface area contributed by atoms with Crippen LogP contribution in [-0.4, -0.2) is 47.2 Å². The Hall–Kier alpha value is -2.54. The van der Waals surface area contributed by atoms with Crippen molar-refractivity contribution in [3.8, 4) is 11.4 Å². The molecule has 0 aromatic carbocycles. The van der Waals surface area contributed by atoms with Crippen molar-refractivity contribution in [3.63, 3.8) is 0 Å². The monoisotopic (exact) mass is 367 g/mol. The summed E-state index contributed by atoms with van der Waals surface area (Å²) in [4.78, 5) is 28.2. The van der Waals surface area contributed by atoms with Crippen LogP contribution in [0.2, 0.25) is 0 Å². The van der Waals surface area contributed by atoms with Crippen molar-refractivity contribution in [1.82, 2.24) is 20.3 Å². The van der Waals surface area contributed by atoms with E-state index < -0.39 is 0 Å². The van der Waals surface area contributed by atoms with Crippen LogP contribution in [0.25, 0.3) is 11.4 Å². The summed E-state index contributed by atoms with van der Waals surface area (Å²) in [6, 6.07) is 3.90. The fourth-order valence-corrected chi connectivity index (χ4v) is 3.80. The first-order chi connectivity index (χ1) is 13.3. The van der Waals surface area contributed by atoms with E-state index in [1.807, 2.05) is 19.1 Å². The SMILES string of the molecule is CCOC(=O)C1CCN(c2nc(-c3cccnc3)nc3c2CNCC3)CC1. The molecular weight excluding hydrogens is 342 g/mol. The minimum atomic E-state index is -0.0698. The van der Waals surface area contributed by atoms with Gasteiger partial charge in [-0.3, -0.25) is 9.78 Å². The third-order valence-electron chi connectivity index (χ3n) is 5.25. The van der Waals surface area contributed by atoms with E-state index in [-0.39, 0.29) is 11.9 Å². The van der Waals surface area contributed by atoms with E-state index in [1.165, 1.54) is 5.56 Å². The quantitative estimate of drug-likeness (QED) is 0.828. The maximum Gasteiger partial charge on any atom is 0.309 e. The number of nitrogens with zero attached hydrogens (tertiary/aromatic N) is 4. The number of hydrogen-bond acceptors (Lipinski definition) is 7. The molecule has 0 atom stereocenters. The molecule has 2 aromatic rings. The number of nitrogens with one attached hydrogen (secondary N) is 1. The molecule has 2 aliphatic heterocycles. The first-order valence-corrected chi connectivity index (χ1v) is 9.68. The van der Waals surface area contributed by atoms with E-state index in [2.05, 4.69) is 15.2 Å². The molecule has 2 aliphatic rings. The molecule has 0 unspecified atom stereocenters. The largest absolute Gasteiger partial charge is 0.466 e. The smallest absolute Gasteiger partial charge is 0.309 e. The lowest BCUT2D eigenvalue weighted by atomic mass is 9.96. The zero-order valence-electron chi connectivity index (χ0n) is 15.6. The third kappa shape index (κ3) is 3.78. The van der Waals surface area contributed by atoms with Crippen LogP contribution in [0, 0.1) is 5.92 Å². The Morgan fingerprint density at radius 2 is 2.19 bits per heavy atom. The molecule has 0 amide bonds. The number of aromatic nitrogens is 3. The zero-order chi connectivity index (χ0) is 18.6. The molecule has 0 bridgehead atoms. The number of piperidine rings is 1. The number of carbonyl (C=O) groups is 1. The van der Waals surface area contributed by atoms with Crippen LogP contribution in [0.3, 0.4) is 0 Å². The Kier molecular flexibility index (Phi) is 5.29. The standard InChI is InChI=1S/C20H25N5O2/c1-2-27-20(26)14-6-10-25(11-7-14)19-16-13-22-9-5-17(16)23-18(24-19)15-4-3-8-21-12-15/h3-4,8,12,14,22H,2,5-7,9-11,13H2,1H3. The second-order valence-corrected chi connectivity index (χ2v) is 6.98. The molecule has 2 aromatic heterocycles. The first kappa shape index (κ1) is 17.9. The minimum Gasteiger partial charge on any atom is -0.466 e. The number of rotatable bonds is 4. The predicted molar refractivity (Wildman–Crippen MR) is 102 cm³/mol. The molecule has 1 fully saturated rings. The topological polar surface area (TPSA) is 80.2 Å². The number of anilines is 1.